The number of nitrogens with one attached hydrogen (secondary N) is 2. The van der Waals surface area contributed by atoms with Crippen molar-refractivity contribution in [1.82, 2.24) is 10.5 Å². The number of aryl methyl sites for hydroxylation is 1. The molecular formula is C21H23N3O4S. The molecule has 1 heterocycles. The fraction of sp³-hybridized carbons (Fsp3) is 0.238. The summed E-state index contributed by atoms with van der Waals surface area (Å²) in [6.45, 7) is 3.66. The van der Waals surface area contributed by atoms with Gasteiger partial charge in [-0.15, -0.1) is 0 Å². The van der Waals surface area contributed by atoms with E-state index in [1.54, 1.807) is 37.3 Å². The summed E-state index contributed by atoms with van der Waals surface area (Å²) in [5.74, 6) is 0.674. The van der Waals surface area contributed by atoms with Crippen molar-refractivity contribution in [2.75, 3.05) is 11.6 Å². The van der Waals surface area contributed by atoms with Gasteiger partial charge in [-0.25, -0.2) is 8.42 Å². The Bertz CT molecular complexity index is 1080. The van der Waals surface area contributed by atoms with E-state index in [4.69, 9.17) is 4.52 Å². The number of anilines is 1. The van der Waals surface area contributed by atoms with Crippen LogP contribution in [0.3, 0.4) is 0 Å². The van der Waals surface area contributed by atoms with Crippen LogP contribution < -0.4 is 10.6 Å². The van der Waals surface area contributed by atoms with E-state index in [1.807, 2.05) is 37.3 Å². The number of hydrogen-bond donors (Lipinski definition) is 2. The van der Waals surface area contributed by atoms with E-state index in [-0.39, 0.29) is 16.8 Å². The molecule has 3 aromatic rings. The molecule has 0 aliphatic rings. The molecule has 2 atom stereocenters. The van der Waals surface area contributed by atoms with Gasteiger partial charge in [0.2, 0.25) is 5.91 Å². The summed E-state index contributed by atoms with van der Waals surface area (Å²) in [5.41, 5.74) is 1.66. The smallest absolute Gasteiger partial charge is 0.247 e. The Balaban J connectivity index is 1.81. The van der Waals surface area contributed by atoms with Crippen LogP contribution in [0.25, 0.3) is 0 Å². The number of rotatable bonds is 7. The summed E-state index contributed by atoms with van der Waals surface area (Å²) in [7, 11) is -3.26. The summed E-state index contributed by atoms with van der Waals surface area (Å²) >= 11 is 0. The molecule has 0 aliphatic carbocycles. The van der Waals surface area contributed by atoms with Gasteiger partial charge in [-0.1, -0.05) is 47.6 Å². The molecule has 1 aromatic heterocycles. The standard InChI is InChI=1S/C21H23N3O4S/c1-14-13-19(24-28-14)23-21(25)20(17-7-5-4-6-8-17)22-15(2)16-9-11-18(12-10-16)29(3,26)27/h4-13,15,20,22H,1-3H3,(H,23,24,25). The number of amides is 1. The van der Waals surface area contributed by atoms with Gasteiger partial charge in [0.05, 0.1) is 4.90 Å². The second-order valence-electron chi connectivity index (χ2n) is 6.89. The highest BCUT2D eigenvalue weighted by atomic mass is 32.2. The van der Waals surface area contributed by atoms with Crippen molar-refractivity contribution in [1.29, 1.82) is 0 Å². The Hall–Kier alpha value is -2.97. The largest absolute Gasteiger partial charge is 0.360 e. The summed E-state index contributed by atoms with van der Waals surface area (Å²) in [6, 6.07) is 16.8. The van der Waals surface area contributed by atoms with E-state index in [2.05, 4.69) is 15.8 Å². The lowest BCUT2D eigenvalue weighted by Gasteiger charge is -2.23. The van der Waals surface area contributed by atoms with Crippen LogP contribution in [-0.2, 0) is 14.6 Å². The van der Waals surface area contributed by atoms with Gasteiger partial charge in [0.25, 0.3) is 0 Å². The Morgan fingerprint density at radius 3 is 2.24 bits per heavy atom. The third kappa shape index (κ3) is 5.30. The Morgan fingerprint density at radius 1 is 1.03 bits per heavy atom. The molecule has 0 spiro atoms. The van der Waals surface area contributed by atoms with E-state index < -0.39 is 15.9 Å². The molecule has 2 unspecified atom stereocenters. The molecular weight excluding hydrogens is 390 g/mol. The molecule has 152 valence electrons. The summed E-state index contributed by atoms with van der Waals surface area (Å²) in [6.07, 6.45) is 1.17. The van der Waals surface area contributed by atoms with Crippen molar-refractivity contribution in [2.24, 2.45) is 0 Å². The van der Waals surface area contributed by atoms with E-state index in [9.17, 15) is 13.2 Å². The number of sulfone groups is 1. The minimum absolute atomic E-state index is 0.210. The van der Waals surface area contributed by atoms with Crippen molar-refractivity contribution in [3.8, 4) is 0 Å². The second-order valence-corrected chi connectivity index (χ2v) is 8.90. The van der Waals surface area contributed by atoms with Crippen LogP contribution in [0.4, 0.5) is 5.82 Å². The monoisotopic (exact) mass is 413 g/mol. The maximum atomic E-state index is 12.9. The van der Waals surface area contributed by atoms with E-state index in [1.165, 1.54) is 6.26 Å². The van der Waals surface area contributed by atoms with Gasteiger partial charge < -0.3 is 9.84 Å². The summed E-state index contributed by atoms with van der Waals surface area (Å²) in [4.78, 5) is 13.2. The van der Waals surface area contributed by atoms with Crippen molar-refractivity contribution >= 4 is 21.6 Å². The number of carbonyl (C=O) groups is 1. The van der Waals surface area contributed by atoms with Crippen molar-refractivity contribution < 1.29 is 17.7 Å². The lowest BCUT2D eigenvalue weighted by molar-refractivity contribution is -0.118. The third-order valence-electron chi connectivity index (χ3n) is 4.50. The average Bonchev–Trinajstić information content (AvgIpc) is 3.10. The van der Waals surface area contributed by atoms with Crippen LogP contribution in [0, 0.1) is 6.92 Å². The minimum Gasteiger partial charge on any atom is -0.360 e. The molecule has 3 rings (SSSR count). The number of benzene rings is 2. The Labute approximate surface area is 170 Å². The van der Waals surface area contributed by atoms with Gasteiger partial charge in [0.1, 0.15) is 11.8 Å². The van der Waals surface area contributed by atoms with Crippen molar-refractivity contribution in [2.45, 2.75) is 30.8 Å². The molecule has 2 N–H and O–H groups in total. The molecule has 1 amide bonds. The van der Waals surface area contributed by atoms with Crippen molar-refractivity contribution in [3.05, 3.63) is 77.6 Å². The van der Waals surface area contributed by atoms with Crippen LogP contribution in [0.1, 0.15) is 35.9 Å². The van der Waals surface area contributed by atoms with Gasteiger partial charge in [-0.3, -0.25) is 10.1 Å². The topological polar surface area (TPSA) is 101 Å². The maximum Gasteiger partial charge on any atom is 0.247 e. The molecule has 0 saturated heterocycles. The van der Waals surface area contributed by atoms with E-state index >= 15 is 0 Å². The van der Waals surface area contributed by atoms with Crippen LogP contribution in [-0.4, -0.2) is 25.7 Å². The average molecular weight is 413 g/mol. The highest BCUT2D eigenvalue weighted by Gasteiger charge is 2.24. The van der Waals surface area contributed by atoms with E-state index in [0.29, 0.717) is 11.6 Å². The minimum atomic E-state index is -3.26. The second kappa shape index (κ2) is 8.59. The highest BCUT2D eigenvalue weighted by Crippen LogP contribution is 2.22. The first kappa shape index (κ1) is 20.8. The van der Waals surface area contributed by atoms with Gasteiger partial charge in [-0.05, 0) is 37.1 Å². The van der Waals surface area contributed by atoms with Gasteiger partial charge in [-0.2, -0.15) is 0 Å². The quantitative estimate of drug-likeness (QED) is 0.615. The molecule has 0 aliphatic heterocycles. The normalized spacial score (nSPS) is 13.6. The molecule has 0 saturated carbocycles. The molecule has 8 heteroatoms. The van der Waals surface area contributed by atoms with Crippen LogP contribution in [0.2, 0.25) is 0 Å². The Kier molecular flexibility index (Phi) is 6.14. The molecule has 0 radical (unpaired) electrons. The predicted molar refractivity (Wildman–Crippen MR) is 110 cm³/mol. The summed E-state index contributed by atoms with van der Waals surface area (Å²) < 4.78 is 28.3. The Morgan fingerprint density at radius 2 is 1.69 bits per heavy atom. The zero-order valence-corrected chi connectivity index (χ0v) is 17.2. The maximum absolute atomic E-state index is 12.9. The first-order chi connectivity index (χ1) is 13.7. The van der Waals surface area contributed by atoms with Crippen LogP contribution >= 0.6 is 0 Å². The number of hydrogen-bond acceptors (Lipinski definition) is 6. The number of aromatic nitrogens is 1. The zero-order valence-electron chi connectivity index (χ0n) is 16.4. The van der Waals surface area contributed by atoms with Gasteiger partial charge in [0, 0.05) is 18.4 Å². The molecule has 0 fully saturated rings. The summed E-state index contributed by atoms with van der Waals surface area (Å²) in [5, 5.41) is 9.89. The third-order valence-corrected chi connectivity index (χ3v) is 5.63. The number of nitrogens with zero attached hydrogens (tertiary/aromatic N) is 1. The van der Waals surface area contributed by atoms with Gasteiger partial charge in [0.15, 0.2) is 15.7 Å². The van der Waals surface area contributed by atoms with Crippen LogP contribution in [0.5, 0.6) is 0 Å². The molecule has 2 aromatic carbocycles. The fourth-order valence-corrected chi connectivity index (χ4v) is 3.57. The molecule has 7 nitrogen and oxygen atoms in total. The molecule has 29 heavy (non-hydrogen) atoms. The number of carbonyl (C=O) groups excluding carboxylic acids is 1. The van der Waals surface area contributed by atoms with Crippen molar-refractivity contribution in [3.63, 3.8) is 0 Å². The van der Waals surface area contributed by atoms with E-state index in [0.717, 1.165) is 11.1 Å². The zero-order chi connectivity index (χ0) is 21.0. The van der Waals surface area contributed by atoms with Crippen LogP contribution in [0.15, 0.2) is 70.1 Å². The highest BCUT2D eigenvalue weighted by molar-refractivity contribution is 7.90. The fourth-order valence-electron chi connectivity index (χ4n) is 2.94. The first-order valence-corrected chi connectivity index (χ1v) is 11.0. The van der Waals surface area contributed by atoms with Gasteiger partial charge >= 0.3 is 0 Å². The lowest BCUT2D eigenvalue weighted by atomic mass is 10.0. The predicted octanol–water partition coefficient (Wildman–Crippen LogP) is 3.42. The first-order valence-electron chi connectivity index (χ1n) is 9.09. The molecule has 0 bridgehead atoms. The SMILES string of the molecule is Cc1cc(NC(=O)C(NC(C)c2ccc(S(C)(=O)=O)cc2)c2ccccc2)no1. The lowest BCUT2D eigenvalue weighted by Crippen LogP contribution is -2.34.